The lowest BCUT2D eigenvalue weighted by Gasteiger charge is -2.40. The van der Waals surface area contributed by atoms with E-state index in [4.69, 9.17) is 4.74 Å². The quantitative estimate of drug-likeness (QED) is 0.249. The van der Waals surface area contributed by atoms with E-state index in [0.29, 0.717) is 19.5 Å². The van der Waals surface area contributed by atoms with Crippen molar-refractivity contribution in [1.29, 1.82) is 0 Å². The van der Waals surface area contributed by atoms with Gasteiger partial charge in [-0.3, -0.25) is 14.4 Å². The first kappa shape index (κ1) is 25.8. The fraction of sp³-hybridized carbons (Fsp3) is 0.720. The Morgan fingerprint density at radius 3 is 2.73 bits per heavy atom. The van der Waals surface area contributed by atoms with Crippen molar-refractivity contribution in [1.82, 2.24) is 9.80 Å². The summed E-state index contributed by atoms with van der Waals surface area (Å²) in [6, 6.07) is -0.695. The summed E-state index contributed by atoms with van der Waals surface area (Å²) in [4.78, 5) is 44.1. The van der Waals surface area contributed by atoms with E-state index < -0.39 is 22.6 Å². The molecule has 1 N–H and O–H groups in total. The molecule has 3 unspecified atom stereocenters. The summed E-state index contributed by atoms with van der Waals surface area (Å²) < 4.78 is 4.82. The Kier molecular flexibility index (Phi) is 8.67. The van der Waals surface area contributed by atoms with Crippen LogP contribution < -0.4 is 0 Å². The number of hydrogen-bond acceptors (Lipinski definition) is 6. The number of aliphatic hydroxyl groups is 1. The highest BCUT2D eigenvalue weighted by Gasteiger charge is 2.76. The van der Waals surface area contributed by atoms with E-state index in [-0.39, 0.29) is 48.7 Å². The second kappa shape index (κ2) is 11.1. The lowest BCUT2D eigenvalue weighted by atomic mass is 9.66. The van der Waals surface area contributed by atoms with E-state index in [1.54, 1.807) is 28.8 Å². The molecule has 7 nitrogen and oxygen atoms in total. The maximum absolute atomic E-state index is 14.0. The molecule has 3 aliphatic rings. The van der Waals surface area contributed by atoms with Gasteiger partial charge in [-0.05, 0) is 25.2 Å². The van der Waals surface area contributed by atoms with Crippen LogP contribution in [0.4, 0.5) is 0 Å². The Morgan fingerprint density at radius 2 is 2.09 bits per heavy atom. The van der Waals surface area contributed by atoms with Crippen LogP contribution in [0.25, 0.3) is 0 Å². The van der Waals surface area contributed by atoms with E-state index >= 15 is 0 Å². The Hall–Kier alpha value is -1.80. The molecule has 3 saturated heterocycles. The van der Waals surface area contributed by atoms with Gasteiger partial charge in [-0.2, -0.15) is 0 Å². The van der Waals surface area contributed by atoms with Crippen molar-refractivity contribution in [3.63, 3.8) is 0 Å². The van der Waals surface area contributed by atoms with Gasteiger partial charge in [0.1, 0.15) is 6.04 Å². The first-order chi connectivity index (χ1) is 15.9. The molecule has 3 rings (SSSR count). The van der Waals surface area contributed by atoms with Gasteiger partial charge in [0.15, 0.2) is 0 Å². The van der Waals surface area contributed by atoms with Gasteiger partial charge in [-0.25, -0.2) is 0 Å². The Morgan fingerprint density at radius 1 is 1.33 bits per heavy atom. The number of likely N-dealkylation sites (tertiary alicyclic amines) is 1. The minimum atomic E-state index is -0.695. The second-order valence-corrected chi connectivity index (χ2v) is 10.9. The molecule has 8 heteroatoms. The van der Waals surface area contributed by atoms with Gasteiger partial charge in [0.25, 0.3) is 0 Å². The molecule has 184 valence electrons. The predicted octanol–water partition coefficient (Wildman–Crippen LogP) is 2.64. The number of unbranched alkanes of at least 4 members (excludes halogenated alkanes) is 2. The van der Waals surface area contributed by atoms with Crippen molar-refractivity contribution in [2.75, 3.05) is 32.8 Å². The Bertz CT molecular complexity index is 774. The molecule has 0 saturated carbocycles. The van der Waals surface area contributed by atoms with Crippen molar-refractivity contribution in [2.45, 2.75) is 62.0 Å². The average Bonchev–Trinajstić information content (AvgIpc) is 3.37. The van der Waals surface area contributed by atoms with Crippen LogP contribution in [-0.4, -0.2) is 81.6 Å². The number of carbonyl (C=O) groups is 3. The summed E-state index contributed by atoms with van der Waals surface area (Å²) in [6.45, 7) is 12.8. The zero-order chi connectivity index (χ0) is 24.2. The van der Waals surface area contributed by atoms with Crippen LogP contribution in [0.3, 0.4) is 0 Å². The monoisotopic (exact) mass is 478 g/mol. The van der Waals surface area contributed by atoms with Crippen LogP contribution in [0, 0.1) is 17.8 Å². The number of β-amino-alcohol motifs (C(OH)–C–C–N with tert-alkyl or cyclic N) is 1. The maximum Gasteiger partial charge on any atom is 0.310 e. The summed E-state index contributed by atoms with van der Waals surface area (Å²) in [5.74, 6) is -1.73. The van der Waals surface area contributed by atoms with Crippen LogP contribution in [0.1, 0.15) is 46.0 Å². The molecule has 6 atom stereocenters. The number of fused-ring (bicyclic) bond motifs is 1. The minimum Gasteiger partial charge on any atom is -0.465 e. The van der Waals surface area contributed by atoms with E-state index in [0.717, 1.165) is 25.7 Å². The number of hydrogen-bond donors (Lipinski definition) is 1. The Balaban J connectivity index is 1.95. The highest BCUT2D eigenvalue weighted by atomic mass is 32.2. The SMILES string of the molecule is C=CCCOC(=O)[C@@H]1[C@H]2C(=O)N(CCO)C(C(=O)N(CC=C)CCCCC)C23S[C@@H]1CC3C. The summed E-state index contributed by atoms with van der Waals surface area (Å²) in [7, 11) is 0. The van der Waals surface area contributed by atoms with E-state index in [1.807, 2.05) is 0 Å². The summed E-state index contributed by atoms with van der Waals surface area (Å²) in [5, 5.41) is 9.69. The smallest absolute Gasteiger partial charge is 0.310 e. The second-order valence-electron chi connectivity index (χ2n) is 9.33. The average molecular weight is 479 g/mol. The Labute approximate surface area is 201 Å². The molecule has 3 aliphatic heterocycles. The molecule has 1 spiro atoms. The van der Waals surface area contributed by atoms with E-state index in [1.165, 1.54) is 4.90 Å². The molecule has 33 heavy (non-hydrogen) atoms. The number of amides is 2. The third kappa shape index (κ3) is 4.48. The molecular formula is C25H38N2O5S. The van der Waals surface area contributed by atoms with Gasteiger partial charge < -0.3 is 19.6 Å². The van der Waals surface area contributed by atoms with Crippen molar-refractivity contribution in [2.24, 2.45) is 17.8 Å². The van der Waals surface area contributed by atoms with Crippen molar-refractivity contribution in [3.05, 3.63) is 25.3 Å². The summed E-state index contributed by atoms with van der Waals surface area (Å²) in [6.07, 6.45) is 7.68. The third-order valence-corrected chi connectivity index (χ3v) is 9.43. The number of nitrogens with zero attached hydrogens (tertiary/aromatic N) is 2. The fourth-order valence-corrected chi connectivity index (χ4v) is 8.33. The molecule has 0 aliphatic carbocycles. The van der Waals surface area contributed by atoms with E-state index in [9.17, 15) is 19.5 Å². The first-order valence-corrected chi connectivity index (χ1v) is 13.0. The van der Waals surface area contributed by atoms with Gasteiger partial charge in [0, 0.05) is 24.9 Å². The molecule has 0 aromatic rings. The molecule has 2 amide bonds. The fourth-order valence-electron chi connectivity index (χ4n) is 5.93. The van der Waals surface area contributed by atoms with E-state index in [2.05, 4.69) is 27.0 Å². The molecule has 0 radical (unpaired) electrons. The predicted molar refractivity (Wildman–Crippen MR) is 130 cm³/mol. The molecule has 0 aromatic carbocycles. The number of carbonyl (C=O) groups excluding carboxylic acids is 3. The number of ether oxygens (including phenoxy) is 1. The molecule has 3 fully saturated rings. The summed E-state index contributed by atoms with van der Waals surface area (Å²) in [5.41, 5.74) is 0. The lowest BCUT2D eigenvalue weighted by Crippen LogP contribution is -2.57. The minimum absolute atomic E-state index is 0.0373. The molecular weight excluding hydrogens is 440 g/mol. The molecule has 3 heterocycles. The number of rotatable bonds is 13. The lowest BCUT2D eigenvalue weighted by molar-refractivity contribution is -0.154. The van der Waals surface area contributed by atoms with Crippen LogP contribution in [0.15, 0.2) is 25.3 Å². The van der Waals surface area contributed by atoms with Crippen LogP contribution in [0.5, 0.6) is 0 Å². The normalized spacial score (nSPS) is 32.0. The van der Waals surface area contributed by atoms with Crippen molar-refractivity contribution in [3.8, 4) is 0 Å². The molecule has 0 aromatic heterocycles. The van der Waals surface area contributed by atoms with Gasteiger partial charge >= 0.3 is 5.97 Å². The first-order valence-electron chi connectivity index (χ1n) is 12.1. The van der Waals surface area contributed by atoms with Crippen molar-refractivity contribution < 1.29 is 24.2 Å². The van der Waals surface area contributed by atoms with Gasteiger partial charge in [0.05, 0.1) is 29.8 Å². The third-order valence-electron chi connectivity index (χ3n) is 7.35. The van der Waals surface area contributed by atoms with Crippen LogP contribution in [-0.2, 0) is 19.1 Å². The zero-order valence-electron chi connectivity index (χ0n) is 19.9. The van der Waals surface area contributed by atoms with Gasteiger partial charge in [0.2, 0.25) is 11.8 Å². The number of thioether (sulfide) groups is 1. The van der Waals surface area contributed by atoms with Gasteiger partial charge in [-0.1, -0.05) is 38.8 Å². The zero-order valence-corrected chi connectivity index (χ0v) is 20.7. The van der Waals surface area contributed by atoms with Crippen LogP contribution in [0.2, 0.25) is 0 Å². The standard InChI is InChI=1S/C25H38N2O5S/c1-5-8-10-12-26(11-7-3)23(30)21-25-17(4)16-18(33-25)19(24(31)32-15-9-6-2)20(25)22(29)27(21)13-14-28/h6-7,17-21,28H,2-3,5,8-16H2,1,4H3/t17?,18-,19+,20+,21?,25?/m1/s1. The highest BCUT2D eigenvalue weighted by molar-refractivity contribution is 8.02. The van der Waals surface area contributed by atoms with Crippen molar-refractivity contribution >= 4 is 29.5 Å². The van der Waals surface area contributed by atoms with Gasteiger partial charge in [-0.15, -0.1) is 24.9 Å². The largest absolute Gasteiger partial charge is 0.465 e. The maximum atomic E-state index is 14.0. The summed E-state index contributed by atoms with van der Waals surface area (Å²) >= 11 is 1.63. The number of esters is 1. The highest BCUT2D eigenvalue weighted by Crippen LogP contribution is 2.68. The molecule has 2 bridgehead atoms. The van der Waals surface area contributed by atoms with Crippen LogP contribution >= 0.6 is 11.8 Å². The topological polar surface area (TPSA) is 87.1 Å². The number of aliphatic hydroxyl groups excluding tert-OH is 1.